The van der Waals surface area contributed by atoms with Crippen LogP contribution >= 0.6 is 0 Å². The van der Waals surface area contributed by atoms with Crippen molar-refractivity contribution in [3.8, 4) is 11.5 Å². The van der Waals surface area contributed by atoms with Gasteiger partial charge in [0.05, 0.1) is 37.6 Å². The van der Waals surface area contributed by atoms with E-state index >= 15 is 0 Å². The van der Waals surface area contributed by atoms with Crippen LogP contribution in [-0.2, 0) is 39.2 Å². The van der Waals surface area contributed by atoms with E-state index in [1.807, 2.05) is 0 Å². The van der Waals surface area contributed by atoms with Crippen LogP contribution in [0, 0.1) is 0 Å². The first-order valence-electron chi connectivity index (χ1n) is 19.3. The van der Waals surface area contributed by atoms with Crippen LogP contribution < -0.4 is 9.47 Å². The van der Waals surface area contributed by atoms with Crippen molar-refractivity contribution in [2.45, 2.75) is 165 Å². The Morgan fingerprint density at radius 1 is 0.564 bits per heavy atom. The van der Waals surface area contributed by atoms with Gasteiger partial charge in [0, 0.05) is 35.8 Å². The quantitative estimate of drug-likeness (QED) is 0.0990. The van der Waals surface area contributed by atoms with E-state index in [1.165, 1.54) is 24.3 Å². The first kappa shape index (κ1) is 45.6. The lowest BCUT2D eigenvalue weighted by atomic mass is 9.94. The van der Waals surface area contributed by atoms with E-state index in [-0.39, 0.29) is 52.1 Å². The summed E-state index contributed by atoms with van der Waals surface area (Å²) < 4.78 is 114. The molecule has 7 nitrogen and oxygen atoms in total. The molecule has 2 aliphatic rings. The van der Waals surface area contributed by atoms with Gasteiger partial charge in [-0.1, -0.05) is 52.7 Å². The van der Waals surface area contributed by atoms with Crippen LogP contribution in [0.3, 0.4) is 0 Å². The van der Waals surface area contributed by atoms with Crippen molar-refractivity contribution < 1.29 is 59.6 Å². The summed E-state index contributed by atoms with van der Waals surface area (Å²) >= 11 is 0. The topological polar surface area (TPSA) is 86.6 Å². The van der Waals surface area contributed by atoms with E-state index in [9.17, 15) is 36.6 Å². The number of benzene rings is 2. The second-order valence-electron chi connectivity index (χ2n) is 17.8. The van der Waals surface area contributed by atoms with E-state index in [4.69, 9.17) is 23.1 Å². The third-order valence-corrected chi connectivity index (χ3v) is 22.7. The van der Waals surface area contributed by atoms with Gasteiger partial charge in [-0.2, -0.15) is 26.3 Å². The maximum Gasteiger partial charge on any atom is 0.419 e. The predicted octanol–water partition coefficient (Wildman–Crippen LogP) is 11.5. The largest absolute Gasteiger partial charge is 0.462 e. The number of hydrogen-bond acceptors (Lipinski definition) is 7. The number of alkyl halides is 6. The molecule has 312 valence electrons. The lowest BCUT2D eigenvalue weighted by Crippen LogP contribution is -2.56. The van der Waals surface area contributed by atoms with Gasteiger partial charge < -0.3 is 33.3 Å². The summed E-state index contributed by atoms with van der Waals surface area (Å²) in [6.07, 6.45) is -3.75. The molecule has 0 saturated heterocycles. The molecule has 2 fully saturated rings. The minimum atomic E-state index is -4.65. The summed E-state index contributed by atoms with van der Waals surface area (Å²) in [4.78, 5) is 0. The summed E-state index contributed by atoms with van der Waals surface area (Å²) in [6, 6.07) is 7.28. The van der Waals surface area contributed by atoms with Crippen molar-refractivity contribution in [2.75, 3.05) is 13.2 Å². The molecule has 2 aromatic carbocycles. The average Bonchev–Trinajstić information content (AvgIpc) is 3.03. The summed E-state index contributed by atoms with van der Waals surface area (Å²) in [5.74, 6) is -4.09. The van der Waals surface area contributed by atoms with Gasteiger partial charge in [-0.25, -0.2) is 0 Å². The maximum atomic E-state index is 13.9. The highest BCUT2D eigenvalue weighted by atomic mass is 28.4. The second-order valence-corrected chi connectivity index (χ2v) is 27.3. The molecular weight excluding hydrogens is 763 g/mol. The number of rotatable bonds is 16. The van der Waals surface area contributed by atoms with Gasteiger partial charge in [-0.05, 0) is 87.3 Å². The van der Waals surface area contributed by atoms with Crippen LogP contribution in [0.25, 0.3) is 0 Å². The molecule has 4 rings (SSSR count). The van der Waals surface area contributed by atoms with Gasteiger partial charge in [-0.3, -0.25) is 0 Å². The molecule has 2 N–H and O–H groups in total. The molecule has 2 aromatic rings. The molecule has 15 heteroatoms. The summed E-state index contributed by atoms with van der Waals surface area (Å²) in [6.45, 7) is 17.3. The zero-order valence-electron chi connectivity index (χ0n) is 33.6. The van der Waals surface area contributed by atoms with E-state index in [0.717, 1.165) is 25.0 Å². The number of halogens is 6. The molecule has 2 aliphatic carbocycles. The zero-order valence-corrected chi connectivity index (χ0v) is 35.6. The molecule has 0 unspecified atom stereocenters. The zero-order chi connectivity index (χ0) is 41.1. The summed E-state index contributed by atoms with van der Waals surface area (Å²) in [5.41, 5.74) is -0.904. The smallest absolute Gasteiger partial charge is 0.419 e. The van der Waals surface area contributed by atoms with Gasteiger partial charge >= 0.3 is 12.4 Å². The summed E-state index contributed by atoms with van der Waals surface area (Å²) in [5, 5.41) is 20.9. The lowest BCUT2D eigenvalue weighted by Gasteiger charge is -2.49. The Labute approximate surface area is 324 Å². The molecule has 2 saturated carbocycles. The maximum absolute atomic E-state index is 13.9. The standard InChI is InChI=1S/C40H60F6O7Si2/c1-35(2,27-49-25-29-15-17-31(39(41,42)43)33(23-29)51-37(47)19-11-9-12-20-37)54(5,6)53-55(7,8)36(3,4)28-50-26-30-16-18-32(40(44,45)46)34(24-30)52-38(48)21-13-10-14-22-38/h15-18,23-24,47-48H,9-14,19-22,25-28H2,1-8H3. The van der Waals surface area contributed by atoms with E-state index < -0.39 is 73.3 Å². The highest BCUT2D eigenvalue weighted by Gasteiger charge is 2.50. The first-order valence-corrected chi connectivity index (χ1v) is 25.1. The Kier molecular flexibility index (Phi) is 14.1. The van der Waals surface area contributed by atoms with E-state index in [1.54, 1.807) is 0 Å². The molecule has 55 heavy (non-hydrogen) atoms. The molecule has 0 amide bonds. The average molecular weight is 823 g/mol. The number of hydrogen-bond donors (Lipinski definition) is 2. The van der Waals surface area contributed by atoms with Crippen molar-refractivity contribution in [2.24, 2.45) is 0 Å². The molecule has 0 spiro atoms. The molecule has 0 bridgehead atoms. The van der Waals surface area contributed by atoms with Crippen LogP contribution in [0.5, 0.6) is 11.5 Å². The Morgan fingerprint density at radius 2 is 0.891 bits per heavy atom. The van der Waals surface area contributed by atoms with E-state index in [0.29, 0.717) is 36.8 Å². The Bertz CT molecular complexity index is 1470. The van der Waals surface area contributed by atoms with Crippen LogP contribution in [0.15, 0.2) is 36.4 Å². The van der Waals surface area contributed by atoms with Crippen molar-refractivity contribution in [1.82, 2.24) is 0 Å². The lowest BCUT2D eigenvalue weighted by molar-refractivity contribution is -0.170. The fourth-order valence-corrected chi connectivity index (χ4v) is 15.1. The normalized spacial score (nSPS) is 18.6. The van der Waals surface area contributed by atoms with Crippen molar-refractivity contribution in [1.29, 1.82) is 0 Å². The fraction of sp³-hybridized carbons (Fsp3) is 0.700. The van der Waals surface area contributed by atoms with Gasteiger partial charge in [0.2, 0.25) is 11.6 Å². The van der Waals surface area contributed by atoms with Crippen molar-refractivity contribution >= 4 is 16.6 Å². The molecule has 0 aromatic heterocycles. The van der Waals surface area contributed by atoms with Crippen LogP contribution in [0.2, 0.25) is 36.3 Å². The minimum Gasteiger partial charge on any atom is -0.462 e. The Hall–Kier alpha value is -2.15. The molecule has 0 aliphatic heterocycles. The third-order valence-electron chi connectivity index (χ3n) is 11.8. The van der Waals surface area contributed by atoms with Crippen LogP contribution in [0.4, 0.5) is 26.3 Å². The Balaban J connectivity index is 1.37. The molecule has 0 atom stereocenters. The van der Waals surface area contributed by atoms with Crippen LogP contribution in [0.1, 0.15) is 114 Å². The highest BCUT2D eigenvalue weighted by molar-refractivity contribution is 6.87. The monoisotopic (exact) mass is 822 g/mol. The van der Waals surface area contributed by atoms with Crippen molar-refractivity contribution in [3.63, 3.8) is 0 Å². The minimum absolute atomic E-state index is 0.0387. The van der Waals surface area contributed by atoms with Gasteiger partial charge in [0.25, 0.3) is 0 Å². The molecule has 0 radical (unpaired) electrons. The predicted molar refractivity (Wildman–Crippen MR) is 204 cm³/mol. The van der Waals surface area contributed by atoms with E-state index in [2.05, 4.69) is 53.9 Å². The molecular formula is C40H60F6O7Si2. The first-order chi connectivity index (χ1) is 25.2. The third kappa shape index (κ3) is 11.9. The number of ether oxygens (including phenoxy) is 4. The highest BCUT2D eigenvalue weighted by Crippen LogP contribution is 2.47. The van der Waals surface area contributed by atoms with Gasteiger partial charge in [-0.15, -0.1) is 0 Å². The Morgan fingerprint density at radius 3 is 1.20 bits per heavy atom. The number of aliphatic hydroxyl groups is 2. The van der Waals surface area contributed by atoms with Crippen molar-refractivity contribution in [3.05, 3.63) is 58.7 Å². The SMILES string of the molecule is CC(C)(COCc1ccc(C(F)(F)F)c(OC2(O)CCCCC2)c1)[Si](C)(C)O[Si](C)(C)C(C)(C)COCc1ccc(C(F)(F)F)c(OC2(O)CCCCC2)c1. The molecule has 0 heterocycles. The summed E-state index contributed by atoms with van der Waals surface area (Å²) in [7, 11) is -5.07. The van der Waals surface area contributed by atoms with Gasteiger partial charge in [0.15, 0.2) is 16.6 Å². The fourth-order valence-electron chi connectivity index (χ4n) is 6.88. The van der Waals surface area contributed by atoms with Crippen LogP contribution in [-0.4, -0.2) is 51.6 Å². The van der Waals surface area contributed by atoms with Gasteiger partial charge in [0.1, 0.15) is 11.5 Å². The second kappa shape index (κ2) is 17.0.